The minimum atomic E-state index is -0.656. The normalized spacial score (nSPS) is 16.4. The van der Waals surface area contributed by atoms with E-state index in [0.29, 0.717) is 19.4 Å². The van der Waals surface area contributed by atoms with Crippen molar-refractivity contribution in [3.63, 3.8) is 0 Å². The van der Waals surface area contributed by atoms with Crippen LogP contribution in [0.2, 0.25) is 0 Å². The lowest BCUT2D eigenvalue weighted by atomic mass is 10.1. The van der Waals surface area contributed by atoms with E-state index in [1.54, 1.807) is 18.3 Å². The Bertz CT molecular complexity index is 777. The molecule has 0 aliphatic carbocycles. The quantitative estimate of drug-likeness (QED) is 0.779. The molecule has 0 fully saturated rings. The van der Waals surface area contributed by atoms with Crippen molar-refractivity contribution >= 4 is 23.0 Å². The Morgan fingerprint density at radius 2 is 2.24 bits per heavy atom. The number of halogens is 2. The van der Waals surface area contributed by atoms with Gasteiger partial charge in [-0.1, -0.05) is 24.2 Å². The fraction of sp³-hybridized carbons (Fsp3) is 0.333. The SMILES string of the molecule is CCC(=O)N(Cc1ccc(F)cc1F)C[C@H]1CC(c2cccs2)=NO1. The predicted molar refractivity (Wildman–Crippen MR) is 92.4 cm³/mol. The van der Waals surface area contributed by atoms with E-state index in [2.05, 4.69) is 5.16 Å². The fourth-order valence-electron chi connectivity index (χ4n) is 2.69. The molecule has 1 amide bonds. The molecule has 1 atom stereocenters. The zero-order valence-corrected chi connectivity index (χ0v) is 14.6. The van der Waals surface area contributed by atoms with Gasteiger partial charge < -0.3 is 9.74 Å². The molecule has 0 radical (unpaired) electrons. The standard InChI is InChI=1S/C18H18F2N2O2S/c1-2-18(23)22(10-12-5-6-13(19)8-15(12)20)11-14-9-16(21-24-14)17-4-3-7-25-17/h3-8,14H,2,9-11H2,1H3/t14-/m1/s1. The minimum absolute atomic E-state index is 0.0764. The molecule has 132 valence electrons. The summed E-state index contributed by atoms with van der Waals surface area (Å²) in [4.78, 5) is 20.3. The van der Waals surface area contributed by atoms with Crippen molar-refractivity contribution in [3.8, 4) is 0 Å². The Kier molecular flexibility index (Phi) is 5.43. The molecule has 0 N–H and O–H groups in total. The smallest absolute Gasteiger partial charge is 0.222 e. The van der Waals surface area contributed by atoms with Gasteiger partial charge in [0.15, 0.2) is 6.10 Å². The van der Waals surface area contributed by atoms with Crippen LogP contribution in [0.4, 0.5) is 8.78 Å². The highest BCUT2D eigenvalue weighted by molar-refractivity contribution is 7.12. The van der Waals surface area contributed by atoms with Gasteiger partial charge in [-0.25, -0.2) is 8.78 Å². The average molecular weight is 364 g/mol. The maximum absolute atomic E-state index is 13.9. The molecule has 7 heteroatoms. The zero-order valence-electron chi connectivity index (χ0n) is 13.7. The van der Waals surface area contributed by atoms with E-state index in [-0.39, 0.29) is 24.1 Å². The van der Waals surface area contributed by atoms with Gasteiger partial charge in [-0.05, 0) is 17.5 Å². The maximum Gasteiger partial charge on any atom is 0.222 e. The van der Waals surface area contributed by atoms with E-state index >= 15 is 0 Å². The summed E-state index contributed by atoms with van der Waals surface area (Å²) in [6.07, 6.45) is 0.629. The number of hydrogen-bond acceptors (Lipinski definition) is 4. The van der Waals surface area contributed by atoms with Crippen molar-refractivity contribution in [1.82, 2.24) is 4.90 Å². The summed E-state index contributed by atoms with van der Waals surface area (Å²) in [7, 11) is 0. The summed E-state index contributed by atoms with van der Waals surface area (Å²) < 4.78 is 27.0. The van der Waals surface area contributed by atoms with Gasteiger partial charge in [-0.2, -0.15) is 0 Å². The van der Waals surface area contributed by atoms with Crippen LogP contribution in [0.3, 0.4) is 0 Å². The van der Waals surface area contributed by atoms with E-state index in [0.717, 1.165) is 16.7 Å². The molecule has 4 nitrogen and oxygen atoms in total. The monoisotopic (exact) mass is 364 g/mol. The summed E-state index contributed by atoms with van der Waals surface area (Å²) >= 11 is 1.58. The van der Waals surface area contributed by atoms with Crippen LogP contribution in [0, 0.1) is 11.6 Å². The second-order valence-electron chi connectivity index (χ2n) is 5.81. The summed E-state index contributed by atoms with van der Waals surface area (Å²) in [5.41, 5.74) is 1.14. The molecule has 1 aliphatic rings. The molecule has 0 unspecified atom stereocenters. The molecule has 2 heterocycles. The molecule has 1 aliphatic heterocycles. The molecule has 1 aromatic heterocycles. The minimum Gasteiger partial charge on any atom is -0.390 e. The largest absolute Gasteiger partial charge is 0.390 e. The van der Waals surface area contributed by atoms with Crippen molar-refractivity contribution in [2.45, 2.75) is 32.4 Å². The molecule has 0 bridgehead atoms. The molecule has 1 aromatic carbocycles. The van der Waals surface area contributed by atoms with Crippen LogP contribution in [0.5, 0.6) is 0 Å². The number of benzene rings is 1. The van der Waals surface area contributed by atoms with E-state index < -0.39 is 11.6 Å². The highest BCUT2D eigenvalue weighted by atomic mass is 32.1. The van der Waals surface area contributed by atoms with Gasteiger partial charge in [0.1, 0.15) is 17.3 Å². The Morgan fingerprint density at radius 1 is 1.40 bits per heavy atom. The van der Waals surface area contributed by atoms with Gasteiger partial charge in [-0.3, -0.25) is 4.79 Å². The van der Waals surface area contributed by atoms with Gasteiger partial charge in [0, 0.05) is 31.0 Å². The van der Waals surface area contributed by atoms with Crippen molar-refractivity contribution in [2.75, 3.05) is 6.54 Å². The molecule has 0 spiro atoms. The van der Waals surface area contributed by atoms with Crippen molar-refractivity contribution in [1.29, 1.82) is 0 Å². The predicted octanol–water partition coefficient (Wildman–Crippen LogP) is 3.96. The molecule has 2 aromatic rings. The first-order chi connectivity index (χ1) is 12.1. The third-order valence-electron chi connectivity index (χ3n) is 3.99. The van der Waals surface area contributed by atoms with Crippen LogP contribution < -0.4 is 0 Å². The Morgan fingerprint density at radius 3 is 2.92 bits per heavy atom. The number of thiophene rings is 1. The molecular formula is C18H18F2N2O2S. The zero-order chi connectivity index (χ0) is 17.8. The lowest BCUT2D eigenvalue weighted by Gasteiger charge is -2.24. The number of hydrogen-bond donors (Lipinski definition) is 0. The van der Waals surface area contributed by atoms with Crippen LogP contribution in [0.25, 0.3) is 0 Å². The number of amides is 1. The second-order valence-corrected chi connectivity index (χ2v) is 6.76. The third kappa shape index (κ3) is 4.22. The van der Waals surface area contributed by atoms with Crippen molar-refractivity contribution in [2.24, 2.45) is 5.16 Å². The topological polar surface area (TPSA) is 41.9 Å². The highest BCUT2D eigenvalue weighted by Gasteiger charge is 2.27. The van der Waals surface area contributed by atoms with Gasteiger partial charge in [0.05, 0.1) is 11.4 Å². The second kappa shape index (κ2) is 7.74. The molecule has 0 saturated heterocycles. The molecule has 25 heavy (non-hydrogen) atoms. The van der Waals surface area contributed by atoms with Crippen LogP contribution >= 0.6 is 11.3 Å². The number of carbonyl (C=O) groups is 1. The van der Waals surface area contributed by atoms with Crippen LogP contribution in [0.1, 0.15) is 30.2 Å². The Labute approximate surface area is 148 Å². The molecular weight excluding hydrogens is 346 g/mol. The summed E-state index contributed by atoms with van der Waals surface area (Å²) in [5, 5.41) is 6.07. The van der Waals surface area contributed by atoms with Crippen LogP contribution in [-0.2, 0) is 16.2 Å². The number of nitrogens with zero attached hydrogens (tertiary/aromatic N) is 2. The van der Waals surface area contributed by atoms with E-state index in [4.69, 9.17) is 4.84 Å². The van der Waals surface area contributed by atoms with Crippen LogP contribution in [-0.4, -0.2) is 29.2 Å². The van der Waals surface area contributed by atoms with E-state index in [1.165, 1.54) is 17.0 Å². The summed E-state index contributed by atoms with van der Waals surface area (Å²) in [6.45, 7) is 2.13. The van der Waals surface area contributed by atoms with E-state index in [1.807, 2.05) is 17.5 Å². The first-order valence-corrected chi connectivity index (χ1v) is 8.93. The van der Waals surface area contributed by atoms with Crippen molar-refractivity contribution in [3.05, 3.63) is 57.8 Å². The summed E-state index contributed by atoms with van der Waals surface area (Å²) in [6, 6.07) is 7.30. The lowest BCUT2D eigenvalue weighted by molar-refractivity contribution is -0.133. The highest BCUT2D eigenvalue weighted by Crippen LogP contribution is 2.22. The first-order valence-electron chi connectivity index (χ1n) is 8.05. The van der Waals surface area contributed by atoms with Gasteiger partial charge in [0.25, 0.3) is 0 Å². The first kappa shape index (κ1) is 17.5. The number of carbonyl (C=O) groups excluding carboxylic acids is 1. The molecule has 3 rings (SSSR count). The van der Waals surface area contributed by atoms with Gasteiger partial charge in [-0.15, -0.1) is 11.3 Å². The fourth-order valence-corrected chi connectivity index (χ4v) is 3.41. The van der Waals surface area contributed by atoms with Gasteiger partial charge >= 0.3 is 0 Å². The summed E-state index contributed by atoms with van der Waals surface area (Å²) in [5.74, 6) is -1.41. The average Bonchev–Trinajstić information content (AvgIpc) is 3.27. The lowest BCUT2D eigenvalue weighted by Crippen LogP contribution is -2.37. The third-order valence-corrected chi connectivity index (χ3v) is 4.91. The molecule has 0 saturated carbocycles. The Balaban J connectivity index is 1.67. The Hall–Kier alpha value is -2.28. The number of rotatable bonds is 6. The van der Waals surface area contributed by atoms with Gasteiger partial charge in [0.2, 0.25) is 5.91 Å². The maximum atomic E-state index is 13.9. The van der Waals surface area contributed by atoms with E-state index in [9.17, 15) is 13.6 Å². The van der Waals surface area contributed by atoms with Crippen LogP contribution in [0.15, 0.2) is 40.9 Å². The number of oxime groups is 1. The van der Waals surface area contributed by atoms with Crippen molar-refractivity contribution < 1.29 is 18.4 Å².